The number of ether oxygens (including phenoxy) is 1. The lowest BCUT2D eigenvalue weighted by Gasteiger charge is -2.44. The fourth-order valence-corrected chi connectivity index (χ4v) is 3.59. The van der Waals surface area contributed by atoms with E-state index < -0.39 is 34.1 Å². The molecule has 1 unspecified atom stereocenters. The molecule has 2 aromatic heterocycles. The molecular weight excluding hydrogens is 493 g/mol. The third-order valence-corrected chi connectivity index (χ3v) is 6.54. The van der Waals surface area contributed by atoms with E-state index in [4.69, 9.17) is 16.9 Å². The average molecular weight is 519 g/mol. The second-order valence-electron chi connectivity index (χ2n) is 8.36. The first-order valence-electron chi connectivity index (χ1n) is 10.6. The van der Waals surface area contributed by atoms with Crippen LogP contribution >= 0.6 is 12.6 Å². The molecule has 190 valence electrons. The van der Waals surface area contributed by atoms with Crippen LogP contribution in [0.3, 0.4) is 0 Å². The van der Waals surface area contributed by atoms with Crippen molar-refractivity contribution >= 4 is 41.0 Å². The summed E-state index contributed by atoms with van der Waals surface area (Å²) in [6.45, 7) is 2.17. The second-order valence-corrected chi connectivity index (χ2v) is 9.25. The monoisotopic (exact) mass is 518 g/mol. The Kier molecular flexibility index (Phi) is 7.66. The lowest BCUT2D eigenvalue weighted by atomic mass is 9.79. The third-order valence-electron chi connectivity index (χ3n) is 5.78. The molecule has 0 radical (unpaired) electrons. The van der Waals surface area contributed by atoms with E-state index in [-0.39, 0.29) is 29.8 Å². The standard InChI is InChI=1S/C24H25F3N6O2S/c1-5-10-35-19-13-31-20-17(33-19)8-9-30-21(20)32-14-6-7-16(25)15(11-14)24(26,27)23(3,36)22(2,34)12-18(28)29-4/h1,6-9,11,13,34,36H,10,12H2,2-4H3,(H2,28,29)(H,30,32)/t22?,23-/m0/s1. The SMILES string of the molecule is C#CCOc1cnc2c(Nc3ccc(F)c(C(F)(F)[C@@](C)(S)C(C)(O)CC(N)=NC)c3)nccc2n1. The minimum Gasteiger partial charge on any atom is -0.463 e. The molecule has 0 bridgehead atoms. The molecule has 0 spiro atoms. The number of aliphatic imine (C=N–C) groups is 1. The number of hydrogen-bond acceptors (Lipinski definition) is 8. The Labute approximate surface area is 211 Å². The molecule has 4 N–H and O–H groups in total. The lowest BCUT2D eigenvalue weighted by Crippen LogP contribution is -2.57. The van der Waals surface area contributed by atoms with Crippen molar-refractivity contribution in [3.8, 4) is 18.2 Å². The van der Waals surface area contributed by atoms with E-state index in [0.29, 0.717) is 11.0 Å². The highest BCUT2D eigenvalue weighted by Gasteiger charge is 2.60. The highest BCUT2D eigenvalue weighted by atomic mass is 32.1. The van der Waals surface area contributed by atoms with Crippen LogP contribution in [-0.2, 0) is 5.92 Å². The quantitative estimate of drug-likeness (QED) is 0.147. The number of pyridine rings is 1. The highest BCUT2D eigenvalue weighted by molar-refractivity contribution is 7.82. The third kappa shape index (κ3) is 5.17. The van der Waals surface area contributed by atoms with Gasteiger partial charge in [-0.05, 0) is 38.1 Å². The zero-order valence-electron chi connectivity index (χ0n) is 19.8. The van der Waals surface area contributed by atoms with Gasteiger partial charge in [0.25, 0.3) is 5.92 Å². The van der Waals surface area contributed by atoms with E-state index in [1.165, 1.54) is 25.5 Å². The summed E-state index contributed by atoms with van der Waals surface area (Å²) in [6, 6.07) is 4.66. The number of anilines is 2. The number of nitrogens with zero attached hydrogens (tertiary/aromatic N) is 4. The van der Waals surface area contributed by atoms with Gasteiger partial charge in [-0.25, -0.2) is 19.3 Å². The second kappa shape index (κ2) is 10.2. The number of fused-ring (bicyclic) bond motifs is 1. The molecule has 0 amide bonds. The van der Waals surface area contributed by atoms with Crippen LogP contribution in [0, 0.1) is 18.2 Å². The van der Waals surface area contributed by atoms with Crippen LogP contribution in [0.1, 0.15) is 25.8 Å². The first-order valence-corrected chi connectivity index (χ1v) is 11.1. The fraction of sp³-hybridized carbons (Fsp3) is 0.333. The summed E-state index contributed by atoms with van der Waals surface area (Å²) >= 11 is 4.08. The molecule has 0 fully saturated rings. The van der Waals surface area contributed by atoms with Gasteiger partial charge >= 0.3 is 0 Å². The van der Waals surface area contributed by atoms with Crippen LogP contribution in [0.2, 0.25) is 0 Å². The predicted octanol–water partition coefficient (Wildman–Crippen LogP) is 3.83. The summed E-state index contributed by atoms with van der Waals surface area (Å²) < 4.78 is 49.0. The minimum atomic E-state index is -3.94. The van der Waals surface area contributed by atoms with Crippen LogP contribution in [0.4, 0.5) is 24.7 Å². The van der Waals surface area contributed by atoms with E-state index in [2.05, 4.69) is 43.8 Å². The zero-order chi connectivity index (χ0) is 26.7. The van der Waals surface area contributed by atoms with Crippen LogP contribution in [0.15, 0.2) is 41.7 Å². The number of aliphatic hydroxyl groups is 1. The molecular formula is C24H25F3N6O2S. The summed E-state index contributed by atoms with van der Waals surface area (Å²) in [5.41, 5.74) is 3.34. The summed E-state index contributed by atoms with van der Waals surface area (Å²) in [6.07, 6.45) is 7.56. The summed E-state index contributed by atoms with van der Waals surface area (Å²) in [7, 11) is 1.37. The van der Waals surface area contributed by atoms with Crippen molar-refractivity contribution in [2.24, 2.45) is 10.7 Å². The maximum absolute atomic E-state index is 15.7. The fourth-order valence-electron chi connectivity index (χ4n) is 3.39. The number of aromatic nitrogens is 3. The Bertz CT molecular complexity index is 1340. The molecule has 8 nitrogen and oxygen atoms in total. The van der Waals surface area contributed by atoms with E-state index in [1.54, 1.807) is 6.07 Å². The van der Waals surface area contributed by atoms with Gasteiger partial charge in [0, 0.05) is 25.4 Å². The van der Waals surface area contributed by atoms with Crippen LogP contribution in [-0.4, -0.2) is 49.9 Å². The van der Waals surface area contributed by atoms with Crippen molar-refractivity contribution in [3.05, 3.63) is 48.0 Å². The van der Waals surface area contributed by atoms with E-state index in [0.717, 1.165) is 26.0 Å². The number of amidine groups is 1. The van der Waals surface area contributed by atoms with E-state index >= 15 is 8.78 Å². The van der Waals surface area contributed by atoms with Crippen LogP contribution in [0.25, 0.3) is 11.0 Å². The maximum atomic E-state index is 15.7. The van der Waals surface area contributed by atoms with Gasteiger partial charge < -0.3 is 20.9 Å². The smallest absolute Gasteiger partial charge is 0.292 e. The number of halogens is 3. The van der Waals surface area contributed by atoms with E-state index in [1.807, 2.05) is 0 Å². The number of benzene rings is 1. The van der Waals surface area contributed by atoms with Gasteiger partial charge in [-0.2, -0.15) is 21.4 Å². The summed E-state index contributed by atoms with van der Waals surface area (Å²) in [5.74, 6) is -2.46. The van der Waals surface area contributed by atoms with Gasteiger partial charge in [-0.3, -0.25) is 4.99 Å². The predicted molar refractivity (Wildman–Crippen MR) is 135 cm³/mol. The minimum absolute atomic E-state index is 0.0116. The number of rotatable bonds is 9. The normalized spacial score (nSPS) is 15.6. The Hall–Kier alpha value is -3.56. The lowest BCUT2D eigenvalue weighted by molar-refractivity contribution is -0.118. The number of terminal acetylenes is 1. The Balaban J connectivity index is 1.98. The number of alkyl halides is 2. The largest absolute Gasteiger partial charge is 0.463 e. The molecule has 0 aliphatic rings. The van der Waals surface area contributed by atoms with Crippen molar-refractivity contribution in [2.75, 3.05) is 19.0 Å². The number of nitrogens with one attached hydrogen (secondary N) is 1. The summed E-state index contributed by atoms with van der Waals surface area (Å²) in [5, 5.41) is 13.7. The topological polar surface area (TPSA) is 119 Å². The molecule has 0 saturated heterocycles. The van der Waals surface area contributed by atoms with Crippen molar-refractivity contribution in [3.63, 3.8) is 0 Å². The van der Waals surface area contributed by atoms with Gasteiger partial charge in [0.05, 0.1) is 28.7 Å². The van der Waals surface area contributed by atoms with Crippen LogP contribution in [0.5, 0.6) is 5.88 Å². The van der Waals surface area contributed by atoms with Gasteiger partial charge in [-0.1, -0.05) is 5.92 Å². The molecule has 1 aromatic carbocycles. The van der Waals surface area contributed by atoms with Gasteiger partial charge in [0.1, 0.15) is 16.1 Å². The van der Waals surface area contributed by atoms with Gasteiger partial charge in [-0.15, -0.1) is 6.42 Å². The molecule has 2 atom stereocenters. The number of thiol groups is 1. The molecule has 3 rings (SSSR count). The van der Waals surface area contributed by atoms with Crippen molar-refractivity contribution in [2.45, 2.75) is 36.5 Å². The molecule has 0 aliphatic carbocycles. The molecule has 2 heterocycles. The summed E-state index contributed by atoms with van der Waals surface area (Å²) in [4.78, 5) is 16.4. The Morgan fingerprint density at radius 2 is 2.03 bits per heavy atom. The van der Waals surface area contributed by atoms with Crippen LogP contribution < -0.4 is 15.8 Å². The number of hydrogen-bond donors (Lipinski definition) is 4. The first kappa shape index (κ1) is 27.0. The highest BCUT2D eigenvalue weighted by Crippen LogP contribution is 2.51. The Morgan fingerprint density at radius 1 is 1.31 bits per heavy atom. The average Bonchev–Trinajstić information content (AvgIpc) is 2.83. The zero-order valence-corrected chi connectivity index (χ0v) is 20.7. The first-order chi connectivity index (χ1) is 16.8. The molecule has 0 aliphatic heterocycles. The number of nitrogens with two attached hydrogens (primary N) is 1. The molecule has 0 saturated carbocycles. The van der Waals surface area contributed by atoms with Crippen molar-refractivity contribution in [1.29, 1.82) is 0 Å². The van der Waals surface area contributed by atoms with Gasteiger partial charge in [0.15, 0.2) is 12.4 Å². The van der Waals surface area contributed by atoms with Crippen molar-refractivity contribution < 1.29 is 23.0 Å². The van der Waals surface area contributed by atoms with E-state index in [9.17, 15) is 9.50 Å². The molecule has 12 heteroatoms. The molecule has 3 aromatic rings. The Morgan fingerprint density at radius 3 is 2.69 bits per heavy atom. The van der Waals surface area contributed by atoms with Gasteiger partial charge in [0.2, 0.25) is 5.88 Å². The molecule has 36 heavy (non-hydrogen) atoms. The maximum Gasteiger partial charge on any atom is 0.292 e. The van der Waals surface area contributed by atoms with Crippen molar-refractivity contribution in [1.82, 2.24) is 15.0 Å².